The summed E-state index contributed by atoms with van der Waals surface area (Å²) in [7, 11) is 0. The Hall–Kier alpha value is -1.81. The number of nitrogens with zero attached hydrogens (tertiary/aromatic N) is 2. The monoisotopic (exact) mass is 285 g/mol. The zero-order valence-electron chi connectivity index (χ0n) is 12.8. The highest BCUT2D eigenvalue weighted by atomic mass is 16.5. The molecule has 1 heterocycles. The fourth-order valence-corrected chi connectivity index (χ4v) is 2.52. The molecule has 0 amide bonds. The first kappa shape index (κ1) is 14.1. The summed E-state index contributed by atoms with van der Waals surface area (Å²) in [4.78, 5) is 2.31. The number of aromatic nitrogens is 1. The Bertz CT molecular complexity index is 589. The standard InChI is InChI=1S/C17H23N3O/c1-3-20(17-7-5-4-6-13(17)2)12-16-10-15(19-21-16)11-18-14-8-9-14/h4-7,10,14,18H,3,8-9,11-12H2,1-2H3. The van der Waals surface area contributed by atoms with Crippen molar-refractivity contribution in [3.8, 4) is 0 Å². The topological polar surface area (TPSA) is 41.3 Å². The van der Waals surface area contributed by atoms with Gasteiger partial charge in [-0.05, 0) is 38.3 Å². The Morgan fingerprint density at radius 3 is 2.86 bits per heavy atom. The third-order valence-corrected chi connectivity index (χ3v) is 3.94. The fraction of sp³-hybridized carbons (Fsp3) is 0.471. The van der Waals surface area contributed by atoms with Crippen LogP contribution >= 0.6 is 0 Å². The molecule has 1 aliphatic rings. The largest absolute Gasteiger partial charge is 0.364 e. The summed E-state index contributed by atoms with van der Waals surface area (Å²) in [6, 6.07) is 11.2. The van der Waals surface area contributed by atoms with Crippen LogP contribution in [0, 0.1) is 6.92 Å². The molecule has 1 aliphatic carbocycles. The molecule has 21 heavy (non-hydrogen) atoms. The molecule has 0 spiro atoms. The van der Waals surface area contributed by atoms with E-state index in [-0.39, 0.29) is 0 Å². The lowest BCUT2D eigenvalue weighted by Gasteiger charge is -2.23. The van der Waals surface area contributed by atoms with Crippen molar-refractivity contribution in [1.29, 1.82) is 0 Å². The molecule has 4 heteroatoms. The predicted octanol–water partition coefficient (Wildman–Crippen LogP) is 3.26. The minimum Gasteiger partial charge on any atom is -0.364 e. The minimum atomic E-state index is 0.698. The van der Waals surface area contributed by atoms with Gasteiger partial charge in [0, 0.05) is 30.9 Å². The van der Waals surface area contributed by atoms with Crippen molar-refractivity contribution in [2.45, 2.75) is 45.8 Å². The molecule has 0 atom stereocenters. The van der Waals surface area contributed by atoms with Gasteiger partial charge >= 0.3 is 0 Å². The molecule has 1 saturated carbocycles. The summed E-state index contributed by atoms with van der Waals surface area (Å²) in [5.41, 5.74) is 3.54. The third-order valence-electron chi connectivity index (χ3n) is 3.94. The lowest BCUT2D eigenvalue weighted by atomic mass is 10.1. The van der Waals surface area contributed by atoms with Gasteiger partial charge in [-0.1, -0.05) is 23.4 Å². The average Bonchev–Trinajstić information content (AvgIpc) is 3.22. The Labute approximate surface area is 126 Å². The van der Waals surface area contributed by atoms with E-state index in [2.05, 4.69) is 59.6 Å². The molecule has 0 aliphatic heterocycles. The van der Waals surface area contributed by atoms with E-state index in [1.807, 2.05) is 0 Å². The molecule has 0 radical (unpaired) electrons. The van der Waals surface area contributed by atoms with E-state index in [9.17, 15) is 0 Å². The molecule has 1 aromatic heterocycles. The van der Waals surface area contributed by atoms with Gasteiger partial charge in [0.05, 0.1) is 12.2 Å². The Morgan fingerprint density at radius 2 is 2.14 bits per heavy atom. The smallest absolute Gasteiger partial charge is 0.156 e. The van der Waals surface area contributed by atoms with Crippen molar-refractivity contribution >= 4 is 5.69 Å². The van der Waals surface area contributed by atoms with E-state index in [1.54, 1.807) is 0 Å². The zero-order valence-corrected chi connectivity index (χ0v) is 12.8. The number of aryl methyl sites for hydroxylation is 1. The van der Waals surface area contributed by atoms with Crippen LogP contribution in [0.1, 0.15) is 36.8 Å². The Morgan fingerprint density at radius 1 is 1.33 bits per heavy atom. The van der Waals surface area contributed by atoms with Crippen LogP contribution in [-0.2, 0) is 13.1 Å². The van der Waals surface area contributed by atoms with Crippen molar-refractivity contribution in [1.82, 2.24) is 10.5 Å². The van der Waals surface area contributed by atoms with Crippen LogP contribution in [0.25, 0.3) is 0 Å². The molecular formula is C17H23N3O. The van der Waals surface area contributed by atoms with Gasteiger partial charge in [0.15, 0.2) is 5.76 Å². The Balaban J connectivity index is 1.64. The average molecular weight is 285 g/mol. The van der Waals surface area contributed by atoms with Crippen molar-refractivity contribution in [3.05, 3.63) is 47.3 Å². The highest BCUT2D eigenvalue weighted by Crippen LogP contribution is 2.22. The maximum Gasteiger partial charge on any atom is 0.156 e. The van der Waals surface area contributed by atoms with E-state index in [0.29, 0.717) is 6.04 Å². The number of anilines is 1. The van der Waals surface area contributed by atoms with Crippen LogP contribution < -0.4 is 10.2 Å². The number of rotatable bonds is 7. The lowest BCUT2D eigenvalue weighted by Crippen LogP contribution is -2.22. The quantitative estimate of drug-likeness (QED) is 0.848. The summed E-state index contributed by atoms with van der Waals surface area (Å²) in [5.74, 6) is 0.924. The summed E-state index contributed by atoms with van der Waals surface area (Å²) in [6.07, 6.45) is 2.59. The second-order valence-electron chi connectivity index (χ2n) is 5.74. The van der Waals surface area contributed by atoms with Gasteiger partial charge in [0.1, 0.15) is 0 Å². The zero-order chi connectivity index (χ0) is 14.7. The van der Waals surface area contributed by atoms with Crippen molar-refractivity contribution in [2.24, 2.45) is 0 Å². The van der Waals surface area contributed by atoms with Gasteiger partial charge < -0.3 is 14.7 Å². The van der Waals surface area contributed by atoms with Gasteiger partial charge in [0.2, 0.25) is 0 Å². The van der Waals surface area contributed by atoms with Crippen LogP contribution in [0.5, 0.6) is 0 Å². The maximum absolute atomic E-state index is 5.48. The third kappa shape index (κ3) is 3.64. The molecule has 0 saturated heterocycles. The molecule has 1 N–H and O–H groups in total. The normalized spacial score (nSPS) is 14.4. The van der Waals surface area contributed by atoms with Crippen molar-refractivity contribution in [2.75, 3.05) is 11.4 Å². The van der Waals surface area contributed by atoms with E-state index >= 15 is 0 Å². The van der Waals surface area contributed by atoms with Crippen LogP contribution in [0.2, 0.25) is 0 Å². The molecule has 4 nitrogen and oxygen atoms in total. The summed E-state index contributed by atoms with van der Waals surface area (Å²) < 4.78 is 5.48. The Kier molecular flexibility index (Phi) is 4.25. The van der Waals surface area contributed by atoms with Gasteiger partial charge in [-0.3, -0.25) is 0 Å². The van der Waals surface area contributed by atoms with E-state index in [0.717, 1.165) is 31.1 Å². The highest BCUT2D eigenvalue weighted by Gasteiger charge is 2.20. The van der Waals surface area contributed by atoms with E-state index in [1.165, 1.54) is 24.1 Å². The van der Waals surface area contributed by atoms with Crippen LogP contribution in [0.4, 0.5) is 5.69 Å². The first-order chi connectivity index (χ1) is 10.3. The number of para-hydroxylation sites is 1. The van der Waals surface area contributed by atoms with Crippen LogP contribution in [0.15, 0.2) is 34.9 Å². The van der Waals surface area contributed by atoms with Crippen molar-refractivity contribution < 1.29 is 4.52 Å². The van der Waals surface area contributed by atoms with Gasteiger partial charge in [-0.15, -0.1) is 0 Å². The second kappa shape index (κ2) is 6.31. The molecule has 112 valence electrons. The summed E-state index contributed by atoms with van der Waals surface area (Å²) in [5, 5.41) is 7.61. The van der Waals surface area contributed by atoms with Gasteiger partial charge in [-0.2, -0.15) is 0 Å². The second-order valence-corrected chi connectivity index (χ2v) is 5.74. The summed E-state index contributed by atoms with van der Waals surface area (Å²) >= 11 is 0. The molecule has 1 fully saturated rings. The maximum atomic E-state index is 5.48. The molecule has 0 bridgehead atoms. The molecule has 1 aromatic carbocycles. The number of nitrogens with one attached hydrogen (secondary N) is 1. The molecule has 2 aromatic rings. The lowest BCUT2D eigenvalue weighted by molar-refractivity contribution is 0.373. The number of hydrogen-bond acceptors (Lipinski definition) is 4. The van der Waals surface area contributed by atoms with Gasteiger partial charge in [0.25, 0.3) is 0 Å². The fourth-order valence-electron chi connectivity index (χ4n) is 2.52. The predicted molar refractivity (Wildman–Crippen MR) is 84.3 cm³/mol. The van der Waals surface area contributed by atoms with Crippen molar-refractivity contribution in [3.63, 3.8) is 0 Å². The molecule has 0 unspecified atom stereocenters. The first-order valence-electron chi connectivity index (χ1n) is 7.74. The highest BCUT2D eigenvalue weighted by molar-refractivity contribution is 5.52. The van der Waals surface area contributed by atoms with Crippen LogP contribution in [0.3, 0.4) is 0 Å². The van der Waals surface area contributed by atoms with E-state index in [4.69, 9.17) is 4.52 Å². The first-order valence-corrected chi connectivity index (χ1v) is 7.74. The minimum absolute atomic E-state index is 0.698. The van der Waals surface area contributed by atoms with Crippen LogP contribution in [-0.4, -0.2) is 17.7 Å². The van der Waals surface area contributed by atoms with Gasteiger partial charge in [-0.25, -0.2) is 0 Å². The number of benzene rings is 1. The molecular weight excluding hydrogens is 262 g/mol. The van der Waals surface area contributed by atoms with E-state index < -0.39 is 0 Å². The number of hydrogen-bond donors (Lipinski definition) is 1. The summed E-state index contributed by atoms with van der Waals surface area (Å²) in [6.45, 7) is 6.82. The molecule has 3 rings (SSSR count). The SMILES string of the molecule is CCN(Cc1cc(CNC2CC2)no1)c1ccccc1C.